The van der Waals surface area contributed by atoms with Gasteiger partial charge in [-0.05, 0) is 44.4 Å². The Kier molecular flexibility index (Phi) is 3.81. The monoisotopic (exact) mass is 298 g/mol. The van der Waals surface area contributed by atoms with E-state index in [4.69, 9.17) is 4.74 Å². The average Bonchev–Trinajstić information content (AvgIpc) is 3.14. The topological polar surface area (TPSA) is 54.0 Å². The Morgan fingerprint density at radius 1 is 1.18 bits per heavy atom. The largest absolute Gasteiger partial charge is 0.492 e. The van der Waals surface area contributed by atoms with E-state index in [1.54, 1.807) is 0 Å². The van der Waals surface area contributed by atoms with Gasteiger partial charge in [0.15, 0.2) is 5.82 Å². The van der Waals surface area contributed by atoms with Gasteiger partial charge >= 0.3 is 0 Å². The molecule has 0 radical (unpaired) electrons. The van der Waals surface area contributed by atoms with Gasteiger partial charge in [0.05, 0.1) is 6.54 Å². The van der Waals surface area contributed by atoms with Gasteiger partial charge in [0, 0.05) is 12.0 Å². The van der Waals surface area contributed by atoms with Crippen LogP contribution < -0.4 is 4.74 Å². The smallest absolute Gasteiger partial charge is 0.153 e. The Morgan fingerprint density at radius 3 is 2.86 bits per heavy atom. The van der Waals surface area contributed by atoms with Crippen LogP contribution in [0, 0.1) is 0 Å². The molecule has 2 heterocycles. The molecular formula is C17H22N4O. The van der Waals surface area contributed by atoms with Crippen LogP contribution in [-0.2, 0) is 6.54 Å². The number of rotatable bonds is 6. The van der Waals surface area contributed by atoms with Crippen molar-refractivity contribution in [2.24, 2.45) is 0 Å². The number of benzene rings is 1. The van der Waals surface area contributed by atoms with E-state index >= 15 is 0 Å². The normalized spacial score (nSPS) is 22.1. The Bertz CT molecular complexity index is 608. The number of nitrogens with one attached hydrogen (secondary N) is 1. The van der Waals surface area contributed by atoms with Crippen LogP contribution in [-0.4, -0.2) is 39.3 Å². The van der Waals surface area contributed by atoms with Gasteiger partial charge in [-0.15, -0.1) is 0 Å². The molecule has 2 aliphatic rings. The van der Waals surface area contributed by atoms with E-state index in [1.807, 2.05) is 30.3 Å². The fraction of sp³-hybridized carbons (Fsp3) is 0.529. The zero-order valence-electron chi connectivity index (χ0n) is 12.7. The molecule has 5 heteroatoms. The molecule has 1 aliphatic carbocycles. The van der Waals surface area contributed by atoms with E-state index in [0.717, 1.165) is 37.1 Å². The summed E-state index contributed by atoms with van der Waals surface area (Å²) in [5.41, 5.74) is 0. The Labute approximate surface area is 130 Å². The zero-order valence-corrected chi connectivity index (χ0v) is 12.7. The number of nitrogens with zero attached hydrogens (tertiary/aromatic N) is 3. The number of hydrogen-bond acceptors (Lipinski definition) is 4. The van der Waals surface area contributed by atoms with Gasteiger partial charge in [-0.1, -0.05) is 18.2 Å². The molecule has 4 rings (SSSR count). The van der Waals surface area contributed by atoms with Gasteiger partial charge < -0.3 is 4.74 Å². The van der Waals surface area contributed by atoms with Crippen LogP contribution in [0.15, 0.2) is 30.3 Å². The predicted octanol–water partition coefficient (Wildman–Crippen LogP) is 2.73. The molecule has 116 valence electrons. The first-order chi connectivity index (χ1) is 10.9. The van der Waals surface area contributed by atoms with Gasteiger partial charge in [-0.2, -0.15) is 5.10 Å². The van der Waals surface area contributed by atoms with Gasteiger partial charge in [0.25, 0.3) is 0 Å². The quantitative estimate of drug-likeness (QED) is 0.891. The molecule has 1 N–H and O–H groups in total. The molecule has 0 amide bonds. The summed E-state index contributed by atoms with van der Waals surface area (Å²) in [6.45, 7) is 2.71. The summed E-state index contributed by atoms with van der Waals surface area (Å²) in [6, 6.07) is 10.5. The molecule has 0 spiro atoms. The fourth-order valence-corrected chi connectivity index (χ4v) is 3.10. The second-order valence-electron chi connectivity index (χ2n) is 6.31. The number of likely N-dealkylation sites (tertiary alicyclic amines) is 1. The number of hydrogen-bond donors (Lipinski definition) is 1. The minimum Gasteiger partial charge on any atom is -0.492 e. The van der Waals surface area contributed by atoms with Crippen molar-refractivity contribution in [2.45, 2.75) is 44.2 Å². The molecule has 1 saturated carbocycles. The Morgan fingerprint density at radius 2 is 2.05 bits per heavy atom. The maximum atomic E-state index is 5.92. The van der Waals surface area contributed by atoms with Crippen molar-refractivity contribution in [3.05, 3.63) is 42.0 Å². The van der Waals surface area contributed by atoms with Crippen LogP contribution in [0.25, 0.3) is 0 Å². The standard InChI is InChI=1S/C17H22N4O/c1-2-6-15(7-3-1)22-12-14-5-4-10-21(14)11-16-18-17(20-19-16)13-8-9-13/h1-3,6-7,13-14H,4-5,8-12H2,(H,18,19,20)/t14-/m1/s1. The first-order valence-corrected chi connectivity index (χ1v) is 8.21. The van der Waals surface area contributed by atoms with Crippen molar-refractivity contribution in [1.29, 1.82) is 0 Å². The van der Waals surface area contributed by atoms with Crippen molar-refractivity contribution in [3.8, 4) is 5.75 Å². The molecule has 1 aromatic heterocycles. The minimum absolute atomic E-state index is 0.467. The lowest BCUT2D eigenvalue weighted by atomic mass is 10.2. The molecule has 0 unspecified atom stereocenters. The van der Waals surface area contributed by atoms with Crippen molar-refractivity contribution >= 4 is 0 Å². The molecule has 2 aromatic rings. The molecule has 2 fully saturated rings. The Hall–Kier alpha value is -1.88. The Balaban J connectivity index is 1.34. The predicted molar refractivity (Wildman–Crippen MR) is 83.7 cm³/mol. The van der Waals surface area contributed by atoms with E-state index in [1.165, 1.54) is 25.7 Å². The first kappa shape index (κ1) is 13.8. The number of aromatic amines is 1. The molecule has 22 heavy (non-hydrogen) atoms. The highest BCUT2D eigenvalue weighted by Gasteiger charge is 2.29. The number of para-hydroxylation sites is 1. The van der Waals surface area contributed by atoms with Crippen LogP contribution in [0.5, 0.6) is 5.75 Å². The van der Waals surface area contributed by atoms with Gasteiger partial charge in [-0.3, -0.25) is 10.00 Å². The van der Waals surface area contributed by atoms with Crippen molar-refractivity contribution in [1.82, 2.24) is 20.1 Å². The lowest BCUT2D eigenvalue weighted by Crippen LogP contribution is -2.34. The molecule has 0 bridgehead atoms. The van der Waals surface area contributed by atoms with Gasteiger partial charge in [0.2, 0.25) is 0 Å². The second kappa shape index (κ2) is 6.08. The summed E-state index contributed by atoms with van der Waals surface area (Å²) in [4.78, 5) is 7.10. The van der Waals surface area contributed by atoms with Crippen molar-refractivity contribution in [3.63, 3.8) is 0 Å². The molecule has 1 aliphatic heterocycles. The van der Waals surface area contributed by atoms with Gasteiger partial charge in [0.1, 0.15) is 18.2 Å². The molecule has 1 atom stereocenters. The molecule has 1 aromatic carbocycles. The van der Waals surface area contributed by atoms with Crippen LogP contribution in [0.2, 0.25) is 0 Å². The van der Waals surface area contributed by atoms with E-state index in [0.29, 0.717) is 12.0 Å². The number of aromatic nitrogens is 3. The fourth-order valence-electron chi connectivity index (χ4n) is 3.10. The summed E-state index contributed by atoms with van der Waals surface area (Å²) in [5, 5.41) is 7.45. The summed E-state index contributed by atoms with van der Waals surface area (Å²) in [5.74, 6) is 3.56. The second-order valence-corrected chi connectivity index (χ2v) is 6.31. The van der Waals surface area contributed by atoms with E-state index in [2.05, 4.69) is 20.1 Å². The first-order valence-electron chi connectivity index (χ1n) is 8.21. The van der Waals surface area contributed by atoms with Crippen LogP contribution in [0.3, 0.4) is 0 Å². The third kappa shape index (κ3) is 3.14. The third-order valence-corrected chi connectivity index (χ3v) is 4.53. The highest BCUT2D eigenvalue weighted by molar-refractivity contribution is 5.21. The maximum absolute atomic E-state index is 5.92. The SMILES string of the molecule is c1ccc(OC[C@H]2CCCN2Cc2nc(C3CC3)n[nH]2)cc1. The van der Waals surface area contributed by atoms with E-state index < -0.39 is 0 Å². The van der Waals surface area contributed by atoms with Crippen LogP contribution >= 0.6 is 0 Å². The van der Waals surface area contributed by atoms with E-state index in [-0.39, 0.29) is 0 Å². The summed E-state index contributed by atoms with van der Waals surface area (Å²) in [6.07, 6.45) is 4.91. The molecule has 1 saturated heterocycles. The third-order valence-electron chi connectivity index (χ3n) is 4.53. The van der Waals surface area contributed by atoms with Crippen LogP contribution in [0.4, 0.5) is 0 Å². The lowest BCUT2D eigenvalue weighted by molar-refractivity contribution is 0.164. The summed E-state index contributed by atoms with van der Waals surface area (Å²) >= 11 is 0. The summed E-state index contributed by atoms with van der Waals surface area (Å²) < 4.78 is 5.92. The van der Waals surface area contributed by atoms with E-state index in [9.17, 15) is 0 Å². The molecule has 5 nitrogen and oxygen atoms in total. The highest BCUT2D eigenvalue weighted by atomic mass is 16.5. The zero-order chi connectivity index (χ0) is 14.8. The minimum atomic E-state index is 0.467. The lowest BCUT2D eigenvalue weighted by Gasteiger charge is -2.23. The summed E-state index contributed by atoms with van der Waals surface area (Å²) in [7, 11) is 0. The van der Waals surface area contributed by atoms with Crippen molar-refractivity contribution in [2.75, 3.05) is 13.2 Å². The van der Waals surface area contributed by atoms with Crippen LogP contribution in [0.1, 0.15) is 43.3 Å². The van der Waals surface area contributed by atoms with Crippen molar-refractivity contribution < 1.29 is 4.74 Å². The number of H-pyrrole nitrogens is 1. The number of ether oxygens (including phenoxy) is 1. The highest BCUT2D eigenvalue weighted by Crippen LogP contribution is 2.37. The maximum Gasteiger partial charge on any atom is 0.153 e. The average molecular weight is 298 g/mol. The van der Waals surface area contributed by atoms with Gasteiger partial charge in [-0.25, -0.2) is 4.98 Å². The molecular weight excluding hydrogens is 276 g/mol.